The van der Waals surface area contributed by atoms with Gasteiger partial charge in [-0.25, -0.2) is 4.98 Å². The Labute approximate surface area is 183 Å². The molecule has 32 heavy (non-hydrogen) atoms. The molecule has 0 saturated carbocycles. The Morgan fingerprint density at radius 1 is 1.06 bits per heavy atom. The maximum atomic E-state index is 13.4. The predicted octanol–water partition coefficient (Wildman–Crippen LogP) is 4.74. The lowest BCUT2D eigenvalue weighted by Crippen LogP contribution is -2.30. The Balaban J connectivity index is 2.01. The lowest BCUT2D eigenvalue weighted by Gasteiger charge is -2.21. The van der Waals surface area contributed by atoms with Crippen molar-refractivity contribution in [2.24, 2.45) is 5.92 Å². The molecule has 0 fully saturated rings. The molecule has 3 aromatic rings. The van der Waals surface area contributed by atoms with E-state index < -0.39 is 11.7 Å². The van der Waals surface area contributed by atoms with Gasteiger partial charge in [0.25, 0.3) is 0 Å². The smallest absolute Gasteiger partial charge is 0.420 e. The van der Waals surface area contributed by atoms with Crippen molar-refractivity contribution in [3.63, 3.8) is 0 Å². The molecule has 3 N–H and O–H groups in total. The number of rotatable bonds is 8. The lowest BCUT2D eigenvalue weighted by atomic mass is 10.1. The molecule has 0 aliphatic rings. The number of aliphatic hydroxyl groups is 1. The molecule has 0 spiro atoms. The van der Waals surface area contributed by atoms with Gasteiger partial charge in [0.05, 0.1) is 31.0 Å². The number of aromatic nitrogens is 3. The van der Waals surface area contributed by atoms with Gasteiger partial charge >= 0.3 is 6.18 Å². The Morgan fingerprint density at radius 3 is 2.38 bits per heavy atom. The van der Waals surface area contributed by atoms with Crippen LogP contribution in [0.25, 0.3) is 11.3 Å². The Hall–Kier alpha value is -3.40. The summed E-state index contributed by atoms with van der Waals surface area (Å²) >= 11 is 0. The number of ether oxygens (including phenoxy) is 1. The van der Waals surface area contributed by atoms with Crippen molar-refractivity contribution < 1.29 is 23.0 Å². The average molecular weight is 447 g/mol. The van der Waals surface area contributed by atoms with Crippen LogP contribution in [0.1, 0.15) is 19.4 Å². The van der Waals surface area contributed by atoms with Crippen molar-refractivity contribution in [3.8, 4) is 17.0 Å². The van der Waals surface area contributed by atoms with E-state index in [9.17, 15) is 18.3 Å². The molecule has 3 rings (SSSR count). The number of aliphatic hydroxyl groups excluding tert-OH is 1. The summed E-state index contributed by atoms with van der Waals surface area (Å²) < 4.78 is 45.0. The molecule has 10 heteroatoms. The van der Waals surface area contributed by atoms with Gasteiger partial charge in [-0.3, -0.25) is 4.98 Å². The molecule has 7 nitrogen and oxygen atoms in total. The van der Waals surface area contributed by atoms with Gasteiger partial charge in [-0.15, -0.1) is 0 Å². The molecule has 0 amide bonds. The predicted molar refractivity (Wildman–Crippen MR) is 116 cm³/mol. The van der Waals surface area contributed by atoms with Gasteiger partial charge < -0.3 is 20.5 Å². The normalized spacial score (nSPS) is 12.5. The third-order valence-electron chi connectivity index (χ3n) is 4.80. The van der Waals surface area contributed by atoms with E-state index in [0.29, 0.717) is 5.69 Å². The van der Waals surface area contributed by atoms with Crippen LogP contribution in [0.5, 0.6) is 5.75 Å². The number of pyridine rings is 1. The van der Waals surface area contributed by atoms with Gasteiger partial charge in [0.1, 0.15) is 11.6 Å². The van der Waals surface area contributed by atoms with Gasteiger partial charge in [-0.05, 0) is 36.2 Å². The van der Waals surface area contributed by atoms with Crippen LogP contribution in [-0.4, -0.2) is 39.8 Å². The molecule has 2 aromatic heterocycles. The van der Waals surface area contributed by atoms with E-state index in [1.54, 1.807) is 30.6 Å². The highest BCUT2D eigenvalue weighted by Gasteiger charge is 2.34. The second kappa shape index (κ2) is 9.82. The quantitative estimate of drug-likeness (QED) is 0.459. The first kappa shape index (κ1) is 23.3. The fraction of sp³-hybridized carbons (Fsp3) is 0.318. The van der Waals surface area contributed by atoms with Gasteiger partial charge in [0.15, 0.2) is 0 Å². The zero-order valence-corrected chi connectivity index (χ0v) is 17.8. The molecule has 0 bridgehead atoms. The maximum Gasteiger partial charge on any atom is 0.420 e. The van der Waals surface area contributed by atoms with Crippen LogP contribution in [0.3, 0.4) is 0 Å². The molecular weight excluding hydrogens is 423 g/mol. The van der Waals surface area contributed by atoms with Gasteiger partial charge in [0, 0.05) is 29.7 Å². The van der Waals surface area contributed by atoms with Crippen molar-refractivity contribution in [3.05, 3.63) is 54.4 Å². The second-order valence-electron chi connectivity index (χ2n) is 7.41. The molecule has 0 aliphatic heterocycles. The topological polar surface area (TPSA) is 92.2 Å². The van der Waals surface area contributed by atoms with Crippen LogP contribution in [0.15, 0.2) is 48.8 Å². The van der Waals surface area contributed by atoms with Crippen LogP contribution < -0.4 is 15.4 Å². The van der Waals surface area contributed by atoms with E-state index in [4.69, 9.17) is 4.74 Å². The zero-order chi connectivity index (χ0) is 23.3. The monoisotopic (exact) mass is 447 g/mol. The summed E-state index contributed by atoms with van der Waals surface area (Å²) in [5, 5.41) is 15.6. The number of halogens is 3. The first-order valence-corrected chi connectivity index (χ1v) is 9.90. The largest absolute Gasteiger partial charge is 0.496 e. The molecule has 0 unspecified atom stereocenters. The highest BCUT2D eigenvalue weighted by Crippen LogP contribution is 2.38. The number of benzene rings is 1. The van der Waals surface area contributed by atoms with E-state index in [0.717, 1.165) is 11.6 Å². The van der Waals surface area contributed by atoms with Crippen molar-refractivity contribution in [2.45, 2.75) is 26.1 Å². The molecule has 0 radical (unpaired) electrons. The molecular formula is C22H24F3N5O2. The zero-order valence-electron chi connectivity index (χ0n) is 17.8. The summed E-state index contributed by atoms with van der Waals surface area (Å²) in [5.41, 5.74) is 0.583. The summed E-state index contributed by atoms with van der Waals surface area (Å²) in [4.78, 5) is 12.9. The fourth-order valence-corrected chi connectivity index (χ4v) is 2.99. The molecule has 1 atom stereocenters. The van der Waals surface area contributed by atoms with Gasteiger partial charge in [-0.1, -0.05) is 13.8 Å². The van der Waals surface area contributed by atoms with E-state index in [2.05, 4.69) is 25.6 Å². The highest BCUT2D eigenvalue weighted by molar-refractivity contribution is 5.68. The maximum absolute atomic E-state index is 13.4. The first-order chi connectivity index (χ1) is 15.2. The van der Waals surface area contributed by atoms with Gasteiger partial charge in [-0.2, -0.15) is 18.2 Å². The molecule has 0 aliphatic carbocycles. The number of hydrogen-bond acceptors (Lipinski definition) is 7. The molecule has 170 valence electrons. The number of nitrogens with one attached hydrogen (secondary N) is 2. The van der Waals surface area contributed by atoms with Crippen molar-refractivity contribution >= 4 is 17.5 Å². The SMILES string of the molecule is COc1ccc(Nc2cc(-c3ccncc3)nc(N[C@@H](CO)C(C)C)n2)cc1C(F)(F)F. The fourth-order valence-electron chi connectivity index (χ4n) is 2.99. The van der Waals surface area contributed by atoms with E-state index in [-0.39, 0.29) is 41.8 Å². The van der Waals surface area contributed by atoms with Crippen molar-refractivity contribution in [1.29, 1.82) is 0 Å². The minimum absolute atomic E-state index is 0.0977. The average Bonchev–Trinajstić information content (AvgIpc) is 2.77. The van der Waals surface area contributed by atoms with E-state index >= 15 is 0 Å². The van der Waals surface area contributed by atoms with Crippen LogP contribution >= 0.6 is 0 Å². The highest BCUT2D eigenvalue weighted by atomic mass is 19.4. The van der Waals surface area contributed by atoms with Crippen molar-refractivity contribution in [1.82, 2.24) is 15.0 Å². The van der Waals surface area contributed by atoms with Crippen molar-refractivity contribution in [2.75, 3.05) is 24.4 Å². The number of hydrogen-bond donors (Lipinski definition) is 3. The lowest BCUT2D eigenvalue weighted by molar-refractivity contribution is -0.138. The number of nitrogens with zero attached hydrogens (tertiary/aromatic N) is 3. The summed E-state index contributed by atoms with van der Waals surface area (Å²) in [6, 6.07) is 8.53. The standard InChI is InChI=1S/C22H24F3N5O2/c1-13(2)18(12-31)29-21-28-17(14-6-8-26-9-7-14)11-20(30-21)27-15-4-5-19(32-3)16(10-15)22(23,24)25/h4-11,13,18,31H,12H2,1-3H3,(H2,27,28,29,30)/t18-/m0/s1. The molecule has 1 aromatic carbocycles. The minimum atomic E-state index is -4.57. The Kier molecular flexibility index (Phi) is 7.14. The van der Waals surface area contributed by atoms with Crippen LogP contribution in [-0.2, 0) is 6.18 Å². The Morgan fingerprint density at radius 2 is 1.78 bits per heavy atom. The third-order valence-corrected chi connectivity index (χ3v) is 4.80. The summed E-state index contributed by atoms with van der Waals surface area (Å²) in [5.74, 6) is 0.348. The second-order valence-corrected chi connectivity index (χ2v) is 7.41. The number of anilines is 3. The minimum Gasteiger partial charge on any atom is -0.496 e. The molecule has 2 heterocycles. The van der Waals surface area contributed by atoms with E-state index in [1.165, 1.54) is 19.2 Å². The summed E-state index contributed by atoms with van der Waals surface area (Å²) in [7, 11) is 1.19. The summed E-state index contributed by atoms with van der Waals surface area (Å²) in [6.07, 6.45) is -1.35. The number of methoxy groups -OCH3 is 1. The molecule has 0 saturated heterocycles. The Bertz CT molecular complexity index is 1050. The van der Waals surface area contributed by atoms with Crippen LogP contribution in [0.4, 0.5) is 30.6 Å². The van der Waals surface area contributed by atoms with Crippen LogP contribution in [0, 0.1) is 5.92 Å². The first-order valence-electron chi connectivity index (χ1n) is 9.90. The summed E-state index contributed by atoms with van der Waals surface area (Å²) in [6.45, 7) is 3.75. The van der Waals surface area contributed by atoms with Crippen LogP contribution in [0.2, 0.25) is 0 Å². The van der Waals surface area contributed by atoms with E-state index in [1.807, 2.05) is 13.8 Å². The number of alkyl halides is 3. The third kappa shape index (κ3) is 5.64. The van der Waals surface area contributed by atoms with Gasteiger partial charge in [0.2, 0.25) is 5.95 Å².